The summed E-state index contributed by atoms with van der Waals surface area (Å²) < 4.78 is 0. The summed E-state index contributed by atoms with van der Waals surface area (Å²) in [4.78, 5) is 0. The van der Waals surface area contributed by atoms with Crippen LogP contribution in [0.2, 0.25) is 10.0 Å². The lowest BCUT2D eigenvalue weighted by atomic mass is 9.88. The van der Waals surface area contributed by atoms with Gasteiger partial charge < -0.3 is 5.73 Å². The first-order valence-corrected chi connectivity index (χ1v) is 5.84. The third-order valence-corrected chi connectivity index (χ3v) is 4.26. The Morgan fingerprint density at radius 2 is 1.93 bits per heavy atom. The van der Waals surface area contributed by atoms with Gasteiger partial charge in [-0.2, -0.15) is 0 Å². The summed E-state index contributed by atoms with van der Waals surface area (Å²) in [7, 11) is 0. The van der Waals surface area contributed by atoms with Crippen molar-refractivity contribution in [1.82, 2.24) is 0 Å². The fourth-order valence-electron chi connectivity index (χ4n) is 2.51. The molecule has 1 atom stereocenters. The number of rotatable bonds is 2. The molecule has 0 saturated heterocycles. The van der Waals surface area contributed by atoms with Gasteiger partial charge >= 0.3 is 0 Å². The smallest absolute Gasteiger partial charge is 0.0459 e. The van der Waals surface area contributed by atoms with E-state index in [-0.39, 0.29) is 10.8 Å². The van der Waals surface area contributed by atoms with Gasteiger partial charge in [-0.3, -0.25) is 0 Å². The Bertz CT molecular complexity index is 401. The van der Waals surface area contributed by atoms with Gasteiger partial charge in [0.25, 0.3) is 0 Å². The van der Waals surface area contributed by atoms with Crippen molar-refractivity contribution < 1.29 is 0 Å². The minimum Gasteiger partial charge on any atom is -0.330 e. The highest BCUT2D eigenvalue weighted by Crippen LogP contribution is 2.64. The van der Waals surface area contributed by atoms with Crippen LogP contribution in [0.5, 0.6) is 0 Å². The van der Waals surface area contributed by atoms with Crippen LogP contribution in [0, 0.1) is 5.41 Å². The lowest BCUT2D eigenvalue weighted by Crippen LogP contribution is -2.25. The van der Waals surface area contributed by atoms with Gasteiger partial charge in [0.1, 0.15) is 0 Å². The quantitative estimate of drug-likeness (QED) is 0.844. The van der Waals surface area contributed by atoms with Crippen LogP contribution in [0.3, 0.4) is 0 Å². The molecular weight excluding hydrogens is 229 g/mol. The fourth-order valence-corrected chi connectivity index (χ4v) is 3.10. The molecule has 0 amide bonds. The van der Waals surface area contributed by atoms with E-state index in [1.54, 1.807) is 6.07 Å². The van der Waals surface area contributed by atoms with Gasteiger partial charge in [-0.25, -0.2) is 0 Å². The number of halogens is 2. The van der Waals surface area contributed by atoms with Crippen LogP contribution in [0.1, 0.15) is 25.8 Å². The molecule has 1 saturated carbocycles. The first kappa shape index (κ1) is 11.3. The van der Waals surface area contributed by atoms with E-state index in [4.69, 9.17) is 28.9 Å². The Hall–Kier alpha value is -0.240. The monoisotopic (exact) mass is 243 g/mol. The summed E-state index contributed by atoms with van der Waals surface area (Å²) in [6, 6.07) is 5.69. The average molecular weight is 244 g/mol. The van der Waals surface area contributed by atoms with Gasteiger partial charge in [-0.15, -0.1) is 0 Å². The topological polar surface area (TPSA) is 26.0 Å². The maximum absolute atomic E-state index is 6.22. The van der Waals surface area contributed by atoms with E-state index in [9.17, 15) is 0 Å². The first-order valence-electron chi connectivity index (χ1n) is 5.08. The van der Waals surface area contributed by atoms with E-state index in [1.165, 1.54) is 0 Å². The van der Waals surface area contributed by atoms with Gasteiger partial charge in [0, 0.05) is 22.0 Å². The summed E-state index contributed by atoms with van der Waals surface area (Å²) in [6.45, 7) is 5.09. The summed E-state index contributed by atoms with van der Waals surface area (Å²) in [6.07, 6.45) is 1.10. The predicted octanol–water partition coefficient (Wildman–Crippen LogP) is 3.62. The van der Waals surface area contributed by atoms with E-state index >= 15 is 0 Å². The van der Waals surface area contributed by atoms with Crippen molar-refractivity contribution in [2.24, 2.45) is 11.1 Å². The van der Waals surface area contributed by atoms with Crippen molar-refractivity contribution in [3.8, 4) is 0 Å². The first-order chi connectivity index (χ1) is 6.93. The maximum Gasteiger partial charge on any atom is 0.0459 e. The Labute approximate surface area is 101 Å². The van der Waals surface area contributed by atoms with Gasteiger partial charge in [-0.05, 0) is 29.5 Å². The highest BCUT2D eigenvalue weighted by molar-refractivity contribution is 6.35. The summed E-state index contributed by atoms with van der Waals surface area (Å²) in [5.41, 5.74) is 7.33. The van der Waals surface area contributed by atoms with Crippen LogP contribution < -0.4 is 5.73 Å². The van der Waals surface area contributed by atoms with Crippen molar-refractivity contribution in [2.75, 3.05) is 6.54 Å². The molecule has 1 aromatic rings. The van der Waals surface area contributed by atoms with E-state index in [2.05, 4.69) is 13.8 Å². The largest absolute Gasteiger partial charge is 0.330 e. The number of hydrogen-bond acceptors (Lipinski definition) is 1. The zero-order valence-corrected chi connectivity index (χ0v) is 10.5. The van der Waals surface area contributed by atoms with E-state index in [0.717, 1.165) is 17.0 Å². The second kappa shape index (κ2) is 3.38. The zero-order chi connectivity index (χ0) is 11.3. The Balaban J connectivity index is 2.46. The molecule has 0 heterocycles. The highest BCUT2D eigenvalue weighted by atomic mass is 35.5. The van der Waals surface area contributed by atoms with Crippen molar-refractivity contribution in [3.05, 3.63) is 33.8 Å². The molecule has 1 fully saturated rings. The molecule has 15 heavy (non-hydrogen) atoms. The molecule has 3 heteroatoms. The molecule has 0 bridgehead atoms. The number of nitrogens with two attached hydrogens (primary N) is 1. The van der Waals surface area contributed by atoms with Crippen LogP contribution in [-0.4, -0.2) is 6.54 Å². The van der Waals surface area contributed by atoms with Crippen LogP contribution >= 0.6 is 23.2 Å². The van der Waals surface area contributed by atoms with Gasteiger partial charge in [0.05, 0.1) is 0 Å². The summed E-state index contributed by atoms with van der Waals surface area (Å²) in [5, 5.41) is 1.41. The predicted molar refractivity (Wildman–Crippen MR) is 65.6 cm³/mol. The summed E-state index contributed by atoms with van der Waals surface area (Å²) >= 11 is 12.1. The summed E-state index contributed by atoms with van der Waals surface area (Å²) in [5.74, 6) is 0. The van der Waals surface area contributed by atoms with Crippen molar-refractivity contribution in [1.29, 1.82) is 0 Å². The second-order valence-corrected chi connectivity index (χ2v) is 5.81. The van der Waals surface area contributed by atoms with Gasteiger partial charge in [0.15, 0.2) is 0 Å². The molecule has 1 aliphatic carbocycles. The minimum absolute atomic E-state index is 0.0503. The third kappa shape index (κ3) is 1.57. The zero-order valence-electron chi connectivity index (χ0n) is 8.98. The van der Waals surface area contributed by atoms with E-state index in [1.807, 2.05) is 12.1 Å². The van der Waals surface area contributed by atoms with Crippen LogP contribution in [-0.2, 0) is 5.41 Å². The van der Waals surface area contributed by atoms with Crippen LogP contribution in [0.25, 0.3) is 0 Å². The average Bonchev–Trinajstić information content (AvgIpc) is 2.69. The number of benzene rings is 1. The molecule has 0 aromatic heterocycles. The third-order valence-electron chi connectivity index (χ3n) is 3.71. The van der Waals surface area contributed by atoms with Gasteiger partial charge in [-0.1, -0.05) is 43.1 Å². The molecular formula is C12H15Cl2N. The fraction of sp³-hybridized carbons (Fsp3) is 0.500. The van der Waals surface area contributed by atoms with Crippen molar-refractivity contribution in [3.63, 3.8) is 0 Å². The second-order valence-electron chi connectivity index (χ2n) is 4.97. The Kier molecular flexibility index (Phi) is 2.53. The molecule has 0 spiro atoms. The Morgan fingerprint density at radius 3 is 2.33 bits per heavy atom. The molecule has 0 radical (unpaired) electrons. The van der Waals surface area contributed by atoms with E-state index < -0.39 is 0 Å². The number of hydrogen-bond donors (Lipinski definition) is 1. The molecule has 1 nitrogen and oxygen atoms in total. The lowest BCUT2D eigenvalue weighted by Gasteiger charge is -2.20. The minimum atomic E-state index is 0.0503. The van der Waals surface area contributed by atoms with Crippen molar-refractivity contribution in [2.45, 2.75) is 25.7 Å². The maximum atomic E-state index is 6.22. The van der Waals surface area contributed by atoms with Crippen molar-refractivity contribution >= 4 is 23.2 Å². The standard InChI is InChI=1S/C12H15Cl2N/c1-11(2)6-12(11,7-15)9-4-3-8(13)5-10(9)14/h3-5H,6-7,15H2,1-2H3. The lowest BCUT2D eigenvalue weighted by molar-refractivity contribution is 0.503. The highest BCUT2D eigenvalue weighted by Gasteiger charge is 2.61. The van der Waals surface area contributed by atoms with Crippen LogP contribution in [0.15, 0.2) is 18.2 Å². The molecule has 82 valence electrons. The molecule has 1 aromatic carbocycles. The van der Waals surface area contributed by atoms with Gasteiger partial charge in [0.2, 0.25) is 0 Å². The normalized spacial score (nSPS) is 27.8. The molecule has 1 aliphatic rings. The molecule has 1 unspecified atom stereocenters. The SMILES string of the molecule is CC1(C)CC1(CN)c1ccc(Cl)cc1Cl. The van der Waals surface area contributed by atoms with Crippen LogP contribution in [0.4, 0.5) is 0 Å². The Morgan fingerprint density at radius 1 is 1.33 bits per heavy atom. The molecule has 2 rings (SSSR count). The molecule has 0 aliphatic heterocycles. The molecule has 2 N–H and O–H groups in total. The van der Waals surface area contributed by atoms with E-state index in [0.29, 0.717) is 11.6 Å².